The molecule has 2 rings (SSSR count). The van der Waals surface area contributed by atoms with Crippen LogP contribution < -0.4 is 5.73 Å². The van der Waals surface area contributed by atoms with Crippen molar-refractivity contribution in [3.63, 3.8) is 0 Å². The third kappa shape index (κ3) is 3.69. The van der Waals surface area contributed by atoms with E-state index in [0.717, 1.165) is 32.7 Å². The second kappa shape index (κ2) is 6.17. The van der Waals surface area contributed by atoms with Crippen molar-refractivity contribution in [1.82, 2.24) is 9.80 Å². The first kappa shape index (κ1) is 13.3. The fraction of sp³-hybridized carbons (Fsp3) is 0.846. The monoisotopic (exact) mass is 250 g/mol. The summed E-state index contributed by atoms with van der Waals surface area (Å²) in [6.07, 6.45) is 3.45. The molecule has 2 aliphatic rings. The first-order valence-corrected chi connectivity index (χ1v) is 6.83. The molecule has 1 aliphatic carbocycles. The van der Waals surface area contributed by atoms with Gasteiger partial charge in [0, 0.05) is 51.6 Å². The molecule has 1 aliphatic heterocycles. The lowest BCUT2D eigenvalue weighted by atomic mass is 10.1. The van der Waals surface area contributed by atoms with Gasteiger partial charge in [0.2, 0.25) is 5.91 Å². The molecule has 0 aromatic rings. The van der Waals surface area contributed by atoms with Crippen molar-refractivity contribution in [2.45, 2.75) is 31.7 Å². The molecule has 1 heterocycles. The smallest absolute Gasteiger partial charge is 0.224 e. The zero-order chi connectivity index (χ0) is 13.0. The minimum absolute atomic E-state index is 0.0640. The third-order valence-electron chi connectivity index (χ3n) is 3.90. The minimum atomic E-state index is 0.0640. The van der Waals surface area contributed by atoms with Gasteiger partial charge < -0.3 is 10.6 Å². The Kier molecular flexibility index (Phi) is 4.56. The van der Waals surface area contributed by atoms with Crippen molar-refractivity contribution in [1.29, 1.82) is 5.26 Å². The lowest BCUT2D eigenvalue weighted by Crippen LogP contribution is -2.49. The highest BCUT2D eigenvalue weighted by atomic mass is 16.2. The number of rotatable bonds is 5. The summed E-state index contributed by atoms with van der Waals surface area (Å²) in [7, 11) is 0. The summed E-state index contributed by atoms with van der Waals surface area (Å²) in [6, 6.07) is 2.22. The van der Waals surface area contributed by atoms with Crippen LogP contribution in [0.5, 0.6) is 0 Å². The van der Waals surface area contributed by atoms with Crippen LogP contribution in [0.25, 0.3) is 0 Å². The predicted octanol–water partition coefficient (Wildman–Crippen LogP) is 0.172. The van der Waals surface area contributed by atoms with Gasteiger partial charge in [-0.2, -0.15) is 5.26 Å². The zero-order valence-electron chi connectivity index (χ0n) is 10.8. The van der Waals surface area contributed by atoms with Crippen LogP contribution >= 0.6 is 0 Å². The molecule has 18 heavy (non-hydrogen) atoms. The Morgan fingerprint density at radius 2 is 2.00 bits per heavy atom. The Hall–Kier alpha value is -1.12. The number of carbonyl (C=O) groups is 1. The van der Waals surface area contributed by atoms with Gasteiger partial charge in [-0.1, -0.05) is 0 Å². The Balaban J connectivity index is 1.68. The summed E-state index contributed by atoms with van der Waals surface area (Å²) in [5, 5.41) is 8.54. The molecule has 2 N–H and O–H groups in total. The molecule has 1 amide bonds. The summed E-state index contributed by atoms with van der Waals surface area (Å²) >= 11 is 0. The van der Waals surface area contributed by atoms with E-state index in [0.29, 0.717) is 18.8 Å². The maximum atomic E-state index is 12.0. The van der Waals surface area contributed by atoms with Gasteiger partial charge in [-0.25, -0.2) is 0 Å². The van der Waals surface area contributed by atoms with E-state index in [9.17, 15) is 4.79 Å². The van der Waals surface area contributed by atoms with Crippen LogP contribution in [0.1, 0.15) is 25.7 Å². The van der Waals surface area contributed by atoms with Crippen LogP contribution in [-0.2, 0) is 4.79 Å². The summed E-state index contributed by atoms with van der Waals surface area (Å²) in [5.74, 6) is 0.792. The van der Waals surface area contributed by atoms with Gasteiger partial charge in [-0.15, -0.1) is 0 Å². The highest BCUT2D eigenvalue weighted by Crippen LogP contribution is 2.33. The predicted molar refractivity (Wildman–Crippen MR) is 68.6 cm³/mol. The normalized spacial score (nSPS) is 22.6. The molecule has 1 unspecified atom stereocenters. The van der Waals surface area contributed by atoms with Gasteiger partial charge in [0.25, 0.3) is 0 Å². The molecule has 0 spiro atoms. The number of carbonyl (C=O) groups excluding carboxylic acids is 1. The van der Waals surface area contributed by atoms with Gasteiger partial charge in [0.15, 0.2) is 0 Å². The van der Waals surface area contributed by atoms with Crippen molar-refractivity contribution in [3.8, 4) is 6.07 Å². The molecule has 1 saturated carbocycles. The molecule has 100 valence electrons. The molecule has 0 aromatic carbocycles. The molecule has 5 heteroatoms. The van der Waals surface area contributed by atoms with E-state index >= 15 is 0 Å². The van der Waals surface area contributed by atoms with Crippen LogP contribution in [-0.4, -0.2) is 54.5 Å². The number of hydrogen-bond donors (Lipinski definition) is 1. The Morgan fingerprint density at radius 3 is 2.56 bits per heavy atom. The Bertz CT molecular complexity index is 326. The lowest BCUT2D eigenvalue weighted by Gasteiger charge is -2.34. The van der Waals surface area contributed by atoms with E-state index in [1.807, 2.05) is 4.90 Å². The largest absolute Gasteiger partial charge is 0.340 e. The molecule has 2 fully saturated rings. The molecular formula is C13H22N4O. The van der Waals surface area contributed by atoms with Gasteiger partial charge >= 0.3 is 0 Å². The van der Waals surface area contributed by atoms with Gasteiger partial charge in [0.05, 0.1) is 6.07 Å². The van der Waals surface area contributed by atoms with Crippen molar-refractivity contribution in [2.24, 2.45) is 11.7 Å². The van der Waals surface area contributed by atoms with Gasteiger partial charge in [-0.05, 0) is 18.8 Å². The Labute approximate surface area is 109 Å². The molecular weight excluding hydrogens is 228 g/mol. The van der Waals surface area contributed by atoms with Crippen LogP contribution in [0.2, 0.25) is 0 Å². The molecule has 0 radical (unpaired) electrons. The summed E-state index contributed by atoms with van der Waals surface area (Å²) in [4.78, 5) is 16.2. The highest BCUT2D eigenvalue weighted by molar-refractivity contribution is 5.77. The van der Waals surface area contributed by atoms with Crippen LogP contribution in [0.15, 0.2) is 0 Å². The molecule has 1 atom stereocenters. The number of piperazine rings is 1. The first-order valence-electron chi connectivity index (χ1n) is 6.83. The van der Waals surface area contributed by atoms with Crippen molar-refractivity contribution < 1.29 is 4.79 Å². The number of amides is 1. The topological polar surface area (TPSA) is 73.4 Å². The average molecular weight is 250 g/mol. The Morgan fingerprint density at radius 1 is 1.33 bits per heavy atom. The third-order valence-corrected chi connectivity index (χ3v) is 3.90. The highest BCUT2D eigenvalue weighted by Gasteiger charge is 2.31. The SMILES string of the molecule is N#CCCN1CCN(C(=O)CC(N)C2CC2)CC1. The molecule has 0 bridgehead atoms. The maximum Gasteiger partial charge on any atom is 0.224 e. The van der Waals surface area contributed by atoms with E-state index in [2.05, 4.69) is 11.0 Å². The van der Waals surface area contributed by atoms with Crippen LogP contribution in [0, 0.1) is 17.2 Å². The number of nitrogens with zero attached hydrogens (tertiary/aromatic N) is 3. The van der Waals surface area contributed by atoms with Crippen molar-refractivity contribution in [2.75, 3.05) is 32.7 Å². The summed E-state index contributed by atoms with van der Waals surface area (Å²) in [5.41, 5.74) is 5.99. The van der Waals surface area contributed by atoms with Crippen molar-refractivity contribution in [3.05, 3.63) is 0 Å². The second-order valence-electron chi connectivity index (χ2n) is 5.34. The second-order valence-corrected chi connectivity index (χ2v) is 5.34. The molecule has 0 aromatic heterocycles. The number of hydrogen-bond acceptors (Lipinski definition) is 4. The first-order chi connectivity index (χ1) is 8.70. The molecule has 5 nitrogen and oxygen atoms in total. The minimum Gasteiger partial charge on any atom is -0.340 e. The average Bonchev–Trinajstić information content (AvgIpc) is 3.21. The van der Waals surface area contributed by atoms with E-state index in [-0.39, 0.29) is 11.9 Å². The number of nitrogens with two attached hydrogens (primary N) is 1. The summed E-state index contributed by atoms with van der Waals surface area (Å²) < 4.78 is 0. The van der Waals surface area contributed by atoms with E-state index in [1.165, 1.54) is 12.8 Å². The van der Waals surface area contributed by atoms with Crippen LogP contribution in [0.4, 0.5) is 0 Å². The van der Waals surface area contributed by atoms with E-state index in [1.54, 1.807) is 0 Å². The fourth-order valence-electron chi connectivity index (χ4n) is 2.45. The quantitative estimate of drug-likeness (QED) is 0.755. The van der Waals surface area contributed by atoms with Gasteiger partial charge in [0.1, 0.15) is 0 Å². The zero-order valence-corrected chi connectivity index (χ0v) is 10.8. The number of nitriles is 1. The molecule has 1 saturated heterocycles. The summed E-state index contributed by atoms with van der Waals surface area (Å²) in [6.45, 7) is 4.14. The van der Waals surface area contributed by atoms with E-state index < -0.39 is 0 Å². The van der Waals surface area contributed by atoms with Crippen molar-refractivity contribution >= 4 is 5.91 Å². The van der Waals surface area contributed by atoms with Crippen LogP contribution in [0.3, 0.4) is 0 Å². The lowest BCUT2D eigenvalue weighted by molar-refractivity contribution is -0.133. The maximum absolute atomic E-state index is 12.0. The standard InChI is InChI=1S/C13H22N4O/c14-4-1-5-16-6-8-17(9-7-16)13(18)10-12(15)11-2-3-11/h11-12H,1-3,5-10,15H2. The fourth-order valence-corrected chi connectivity index (χ4v) is 2.45. The van der Waals surface area contributed by atoms with Gasteiger partial charge in [-0.3, -0.25) is 9.69 Å². The van der Waals surface area contributed by atoms with E-state index in [4.69, 9.17) is 11.0 Å².